The van der Waals surface area contributed by atoms with Gasteiger partial charge in [-0.15, -0.1) is 0 Å². The number of aliphatic hydroxyl groups excluding tert-OH is 1. The van der Waals surface area contributed by atoms with Crippen molar-refractivity contribution in [3.05, 3.63) is 45.7 Å². The van der Waals surface area contributed by atoms with Crippen molar-refractivity contribution in [3.8, 4) is 5.75 Å². The van der Waals surface area contributed by atoms with Gasteiger partial charge >= 0.3 is 0 Å². The number of hydrogen-bond acceptors (Lipinski definition) is 3. The number of halogens is 2. The van der Waals surface area contributed by atoms with Crippen LogP contribution in [0.5, 0.6) is 5.75 Å². The first-order valence-electron chi connectivity index (χ1n) is 5.81. The third kappa shape index (κ3) is 2.71. The summed E-state index contributed by atoms with van der Waals surface area (Å²) in [6, 6.07) is 5.07. The molecule has 1 N–H and O–H groups in total. The van der Waals surface area contributed by atoms with E-state index < -0.39 is 6.10 Å². The van der Waals surface area contributed by atoms with Crippen LogP contribution in [-0.2, 0) is 6.54 Å². The molecule has 0 amide bonds. The van der Waals surface area contributed by atoms with Gasteiger partial charge in [-0.25, -0.2) is 0 Å². The van der Waals surface area contributed by atoms with E-state index in [0.717, 1.165) is 0 Å². The van der Waals surface area contributed by atoms with Gasteiger partial charge in [-0.1, -0.05) is 29.3 Å². The van der Waals surface area contributed by atoms with Gasteiger partial charge in [-0.2, -0.15) is 5.10 Å². The standard InChI is InChI=1S/C13H14Cl2N2O2/c1-3-17-12(10(15)7-16-17)13(18)9-5-4-8(14)6-11(9)19-2/h4-7,13,18H,3H2,1-2H3. The molecule has 19 heavy (non-hydrogen) atoms. The van der Waals surface area contributed by atoms with Crippen LogP contribution < -0.4 is 4.74 Å². The molecule has 1 atom stereocenters. The van der Waals surface area contributed by atoms with E-state index in [0.29, 0.717) is 33.6 Å². The van der Waals surface area contributed by atoms with Crippen LogP contribution in [0.1, 0.15) is 24.3 Å². The molecule has 6 heteroatoms. The Morgan fingerprint density at radius 2 is 2.16 bits per heavy atom. The van der Waals surface area contributed by atoms with Gasteiger partial charge in [0.25, 0.3) is 0 Å². The van der Waals surface area contributed by atoms with Crippen LogP contribution in [0.15, 0.2) is 24.4 Å². The zero-order valence-corrected chi connectivity index (χ0v) is 12.1. The largest absolute Gasteiger partial charge is 0.496 e. The van der Waals surface area contributed by atoms with Crippen molar-refractivity contribution in [1.29, 1.82) is 0 Å². The normalized spacial score (nSPS) is 12.5. The highest BCUT2D eigenvalue weighted by molar-refractivity contribution is 6.31. The maximum atomic E-state index is 10.5. The molecule has 2 aromatic rings. The highest BCUT2D eigenvalue weighted by atomic mass is 35.5. The van der Waals surface area contributed by atoms with Gasteiger partial charge in [0.1, 0.15) is 11.9 Å². The van der Waals surface area contributed by atoms with Crippen LogP contribution in [0.4, 0.5) is 0 Å². The monoisotopic (exact) mass is 300 g/mol. The second-order valence-corrected chi connectivity index (χ2v) is 4.83. The van der Waals surface area contributed by atoms with Gasteiger partial charge in [-0.05, 0) is 19.1 Å². The summed E-state index contributed by atoms with van der Waals surface area (Å²) in [5.74, 6) is 0.514. The Balaban J connectivity index is 2.49. The molecule has 0 saturated heterocycles. The van der Waals surface area contributed by atoms with Gasteiger partial charge in [0.15, 0.2) is 0 Å². The SMILES string of the molecule is CCn1ncc(Cl)c1C(O)c1ccc(Cl)cc1OC. The van der Waals surface area contributed by atoms with E-state index in [1.807, 2.05) is 6.92 Å². The first kappa shape index (κ1) is 14.2. The van der Waals surface area contributed by atoms with E-state index in [9.17, 15) is 5.11 Å². The van der Waals surface area contributed by atoms with Crippen molar-refractivity contribution in [3.63, 3.8) is 0 Å². The molecular formula is C13H14Cl2N2O2. The van der Waals surface area contributed by atoms with Crippen LogP contribution >= 0.6 is 23.2 Å². The van der Waals surface area contributed by atoms with Crippen LogP contribution in [0.25, 0.3) is 0 Å². The molecule has 1 heterocycles. The molecule has 4 nitrogen and oxygen atoms in total. The number of benzene rings is 1. The Morgan fingerprint density at radius 1 is 1.42 bits per heavy atom. The molecule has 2 rings (SSSR count). The Kier molecular flexibility index (Phi) is 4.34. The number of hydrogen-bond donors (Lipinski definition) is 1. The predicted octanol–water partition coefficient (Wildman–Crippen LogP) is 3.30. The summed E-state index contributed by atoms with van der Waals surface area (Å²) in [5, 5.41) is 15.6. The van der Waals surface area contributed by atoms with Gasteiger partial charge in [0.2, 0.25) is 0 Å². The average Bonchev–Trinajstić information content (AvgIpc) is 2.78. The molecule has 1 aromatic heterocycles. The summed E-state index contributed by atoms with van der Waals surface area (Å²) in [6.07, 6.45) is 0.605. The summed E-state index contributed by atoms with van der Waals surface area (Å²) in [7, 11) is 1.53. The minimum absolute atomic E-state index is 0.423. The van der Waals surface area contributed by atoms with E-state index in [-0.39, 0.29) is 0 Å². The van der Waals surface area contributed by atoms with Crippen molar-refractivity contribution in [2.75, 3.05) is 7.11 Å². The van der Waals surface area contributed by atoms with Crippen LogP contribution in [0.3, 0.4) is 0 Å². The lowest BCUT2D eigenvalue weighted by atomic mass is 10.1. The second kappa shape index (κ2) is 5.82. The molecule has 0 radical (unpaired) electrons. The molecule has 0 aliphatic heterocycles. The number of aromatic nitrogens is 2. The fourth-order valence-electron chi connectivity index (χ4n) is 1.95. The maximum Gasteiger partial charge on any atom is 0.126 e. The smallest absolute Gasteiger partial charge is 0.126 e. The van der Waals surface area contributed by atoms with Gasteiger partial charge in [0, 0.05) is 17.1 Å². The van der Waals surface area contributed by atoms with Crippen molar-refractivity contribution in [1.82, 2.24) is 9.78 Å². The van der Waals surface area contributed by atoms with Crippen molar-refractivity contribution < 1.29 is 9.84 Å². The molecule has 1 unspecified atom stereocenters. The number of rotatable bonds is 4. The Hall–Kier alpha value is -1.23. The Bertz CT molecular complexity index is 584. The molecule has 0 aliphatic carbocycles. The molecule has 102 valence electrons. The summed E-state index contributed by atoms with van der Waals surface area (Å²) in [6.45, 7) is 2.55. The van der Waals surface area contributed by atoms with Gasteiger partial charge in [-0.3, -0.25) is 4.68 Å². The summed E-state index contributed by atoms with van der Waals surface area (Å²) in [5.41, 5.74) is 1.15. The minimum atomic E-state index is -0.915. The topological polar surface area (TPSA) is 47.3 Å². The Labute approximate surface area is 121 Å². The molecule has 0 aliphatic rings. The predicted molar refractivity (Wildman–Crippen MR) is 75.0 cm³/mol. The number of ether oxygens (including phenoxy) is 1. The molecule has 1 aromatic carbocycles. The zero-order chi connectivity index (χ0) is 14.0. The fourth-order valence-corrected chi connectivity index (χ4v) is 2.36. The summed E-state index contributed by atoms with van der Waals surface area (Å²) >= 11 is 12.0. The van der Waals surface area contributed by atoms with Crippen molar-refractivity contribution >= 4 is 23.2 Å². The maximum absolute atomic E-state index is 10.5. The Morgan fingerprint density at radius 3 is 2.79 bits per heavy atom. The van der Waals surface area contributed by atoms with Crippen molar-refractivity contribution in [2.45, 2.75) is 19.6 Å². The first-order chi connectivity index (χ1) is 9.08. The second-order valence-electron chi connectivity index (χ2n) is 3.98. The lowest BCUT2D eigenvalue weighted by molar-refractivity contribution is 0.203. The van der Waals surface area contributed by atoms with E-state index in [1.54, 1.807) is 22.9 Å². The molecule has 0 bridgehead atoms. The van der Waals surface area contributed by atoms with Crippen LogP contribution in [0, 0.1) is 0 Å². The number of aliphatic hydroxyl groups is 1. The highest BCUT2D eigenvalue weighted by Crippen LogP contribution is 2.34. The lowest BCUT2D eigenvalue weighted by Gasteiger charge is -2.16. The quantitative estimate of drug-likeness (QED) is 0.942. The van der Waals surface area contributed by atoms with E-state index >= 15 is 0 Å². The van der Waals surface area contributed by atoms with Gasteiger partial charge < -0.3 is 9.84 Å². The molecular weight excluding hydrogens is 287 g/mol. The van der Waals surface area contributed by atoms with Crippen molar-refractivity contribution in [2.24, 2.45) is 0 Å². The van der Waals surface area contributed by atoms with Crippen LogP contribution in [-0.4, -0.2) is 22.0 Å². The molecule has 0 fully saturated rings. The fraction of sp³-hybridized carbons (Fsp3) is 0.308. The summed E-state index contributed by atoms with van der Waals surface area (Å²) < 4.78 is 6.90. The summed E-state index contributed by atoms with van der Waals surface area (Å²) in [4.78, 5) is 0. The first-order valence-corrected chi connectivity index (χ1v) is 6.56. The third-order valence-corrected chi connectivity index (χ3v) is 3.41. The molecule has 0 spiro atoms. The minimum Gasteiger partial charge on any atom is -0.496 e. The number of aryl methyl sites for hydroxylation is 1. The zero-order valence-electron chi connectivity index (χ0n) is 10.6. The van der Waals surface area contributed by atoms with E-state index in [4.69, 9.17) is 27.9 Å². The van der Waals surface area contributed by atoms with Gasteiger partial charge in [0.05, 0.1) is 24.0 Å². The number of nitrogens with zero attached hydrogens (tertiary/aromatic N) is 2. The van der Waals surface area contributed by atoms with E-state index in [1.165, 1.54) is 13.3 Å². The van der Waals surface area contributed by atoms with Crippen LogP contribution in [0.2, 0.25) is 10.0 Å². The lowest BCUT2D eigenvalue weighted by Crippen LogP contribution is -2.10. The third-order valence-electron chi connectivity index (χ3n) is 2.88. The average molecular weight is 301 g/mol. The van der Waals surface area contributed by atoms with E-state index in [2.05, 4.69) is 5.10 Å². The number of methoxy groups -OCH3 is 1. The molecule has 0 saturated carbocycles. The highest BCUT2D eigenvalue weighted by Gasteiger charge is 2.22.